The van der Waals surface area contributed by atoms with E-state index in [1.54, 1.807) is 12.1 Å². The van der Waals surface area contributed by atoms with Crippen LogP contribution in [0.3, 0.4) is 0 Å². The van der Waals surface area contributed by atoms with Gasteiger partial charge in [0.25, 0.3) is 0 Å². The number of benzene rings is 1. The highest BCUT2D eigenvalue weighted by Gasteiger charge is 2.17. The summed E-state index contributed by atoms with van der Waals surface area (Å²) >= 11 is 0. The minimum absolute atomic E-state index is 0.250. The van der Waals surface area contributed by atoms with E-state index in [0.717, 1.165) is 42.9 Å². The molecule has 0 radical (unpaired) electrons. The summed E-state index contributed by atoms with van der Waals surface area (Å²) in [6.45, 7) is 0.863. The van der Waals surface area contributed by atoms with Crippen LogP contribution in [0.2, 0.25) is 0 Å². The molecule has 1 aromatic heterocycles. The molecule has 1 unspecified atom stereocenters. The van der Waals surface area contributed by atoms with Crippen LogP contribution >= 0.6 is 0 Å². The fraction of sp³-hybridized carbons (Fsp3) is 0.357. The van der Waals surface area contributed by atoms with Crippen LogP contribution in [0.4, 0.5) is 0 Å². The molecule has 0 saturated heterocycles. The first-order chi connectivity index (χ1) is 8.70. The second-order valence-electron chi connectivity index (χ2n) is 4.95. The second-order valence-corrected chi connectivity index (χ2v) is 4.95. The Morgan fingerprint density at radius 3 is 3.17 bits per heavy atom. The molecule has 0 spiro atoms. The predicted molar refractivity (Wildman–Crippen MR) is 69.4 cm³/mol. The maximum atomic E-state index is 9.45. The average Bonchev–Trinajstić information content (AvgIpc) is 2.70. The topological polar surface area (TPSA) is 64.1 Å². The first-order valence-electron chi connectivity index (χ1n) is 6.29. The first kappa shape index (κ1) is 11.3. The maximum Gasteiger partial charge on any atom is 0.115 e. The van der Waals surface area contributed by atoms with E-state index < -0.39 is 0 Å². The molecule has 2 aromatic rings. The zero-order valence-electron chi connectivity index (χ0n) is 10.2. The number of imidazole rings is 1. The molecule has 1 aromatic carbocycles. The fourth-order valence-corrected chi connectivity index (χ4v) is 2.49. The molecule has 0 aliphatic carbocycles. The van der Waals surface area contributed by atoms with Crippen LogP contribution < -0.4 is 5.73 Å². The Morgan fingerprint density at radius 2 is 2.33 bits per heavy atom. The van der Waals surface area contributed by atoms with E-state index in [0.29, 0.717) is 5.75 Å². The average molecular weight is 243 g/mol. The van der Waals surface area contributed by atoms with Crippen molar-refractivity contribution in [2.45, 2.75) is 31.8 Å². The van der Waals surface area contributed by atoms with Gasteiger partial charge in [0.1, 0.15) is 11.6 Å². The lowest BCUT2D eigenvalue weighted by molar-refractivity contribution is 0.453. The molecular formula is C14H17N3O. The number of nitrogens with zero attached hydrogens (tertiary/aromatic N) is 2. The van der Waals surface area contributed by atoms with Crippen molar-refractivity contribution in [3.8, 4) is 5.75 Å². The molecule has 94 valence electrons. The number of phenolic OH excluding ortho intramolecular Hbond substituents is 1. The predicted octanol–water partition coefficient (Wildman–Crippen LogP) is 1.45. The summed E-state index contributed by atoms with van der Waals surface area (Å²) in [5, 5.41) is 9.45. The second kappa shape index (κ2) is 4.46. The standard InChI is InChI=1S/C14H17N3O/c15-11-4-5-14-16-12(9-17(14)8-11)6-10-2-1-3-13(18)7-10/h1-3,7,9,11,18H,4-6,8,15H2. The van der Waals surface area contributed by atoms with Crippen molar-refractivity contribution in [2.24, 2.45) is 5.73 Å². The van der Waals surface area contributed by atoms with Gasteiger partial charge in [0, 0.05) is 31.6 Å². The maximum absolute atomic E-state index is 9.45. The van der Waals surface area contributed by atoms with Gasteiger partial charge in [-0.2, -0.15) is 0 Å². The lowest BCUT2D eigenvalue weighted by atomic mass is 10.1. The first-order valence-corrected chi connectivity index (χ1v) is 6.29. The summed E-state index contributed by atoms with van der Waals surface area (Å²) in [5.41, 5.74) is 8.07. The molecule has 2 heterocycles. The third-order valence-corrected chi connectivity index (χ3v) is 3.37. The highest BCUT2D eigenvalue weighted by molar-refractivity contribution is 5.30. The number of fused-ring (bicyclic) bond motifs is 1. The lowest BCUT2D eigenvalue weighted by Crippen LogP contribution is -2.31. The molecule has 0 fully saturated rings. The Balaban J connectivity index is 1.82. The molecule has 0 saturated carbocycles. The molecular weight excluding hydrogens is 226 g/mol. The summed E-state index contributed by atoms with van der Waals surface area (Å²) in [5.74, 6) is 1.44. The monoisotopic (exact) mass is 243 g/mol. The Kier molecular flexibility index (Phi) is 2.80. The summed E-state index contributed by atoms with van der Waals surface area (Å²) in [6.07, 6.45) is 4.81. The van der Waals surface area contributed by atoms with Crippen molar-refractivity contribution in [1.82, 2.24) is 9.55 Å². The highest BCUT2D eigenvalue weighted by Crippen LogP contribution is 2.18. The molecule has 1 aliphatic heterocycles. The van der Waals surface area contributed by atoms with Gasteiger partial charge in [-0.05, 0) is 24.1 Å². The van der Waals surface area contributed by atoms with Crippen LogP contribution in [-0.2, 0) is 19.4 Å². The Hall–Kier alpha value is -1.81. The Morgan fingerprint density at radius 1 is 1.44 bits per heavy atom. The molecule has 3 N–H and O–H groups in total. The number of aromatic nitrogens is 2. The van der Waals surface area contributed by atoms with Crippen LogP contribution in [0, 0.1) is 0 Å². The van der Waals surface area contributed by atoms with Gasteiger partial charge in [-0.15, -0.1) is 0 Å². The van der Waals surface area contributed by atoms with E-state index in [1.807, 2.05) is 12.1 Å². The summed E-state index contributed by atoms with van der Waals surface area (Å²) < 4.78 is 2.16. The Labute approximate surface area is 106 Å². The lowest BCUT2D eigenvalue weighted by Gasteiger charge is -2.19. The highest BCUT2D eigenvalue weighted by atomic mass is 16.3. The molecule has 0 amide bonds. The molecule has 0 bridgehead atoms. The largest absolute Gasteiger partial charge is 0.508 e. The summed E-state index contributed by atoms with van der Waals surface area (Å²) in [4.78, 5) is 4.64. The molecule has 4 nitrogen and oxygen atoms in total. The van der Waals surface area contributed by atoms with Crippen LogP contribution in [0.15, 0.2) is 30.5 Å². The van der Waals surface area contributed by atoms with Crippen molar-refractivity contribution >= 4 is 0 Å². The third-order valence-electron chi connectivity index (χ3n) is 3.37. The van der Waals surface area contributed by atoms with Gasteiger partial charge < -0.3 is 15.4 Å². The van der Waals surface area contributed by atoms with Crippen molar-refractivity contribution < 1.29 is 5.11 Å². The van der Waals surface area contributed by atoms with Crippen molar-refractivity contribution in [1.29, 1.82) is 0 Å². The zero-order chi connectivity index (χ0) is 12.5. The van der Waals surface area contributed by atoms with Gasteiger partial charge in [-0.1, -0.05) is 12.1 Å². The molecule has 18 heavy (non-hydrogen) atoms. The molecule has 4 heteroatoms. The number of rotatable bonds is 2. The minimum Gasteiger partial charge on any atom is -0.508 e. The van der Waals surface area contributed by atoms with E-state index in [9.17, 15) is 5.11 Å². The molecule has 1 aliphatic rings. The van der Waals surface area contributed by atoms with Gasteiger partial charge in [0.15, 0.2) is 0 Å². The minimum atomic E-state index is 0.250. The third kappa shape index (κ3) is 2.24. The van der Waals surface area contributed by atoms with Gasteiger partial charge in [0.2, 0.25) is 0 Å². The molecule has 3 rings (SSSR count). The van der Waals surface area contributed by atoms with Crippen molar-refractivity contribution in [2.75, 3.05) is 0 Å². The van der Waals surface area contributed by atoms with Gasteiger partial charge >= 0.3 is 0 Å². The normalized spacial score (nSPS) is 18.6. The number of phenols is 1. The Bertz CT molecular complexity index is 562. The van der Waals surface area contributed by atoms with E-state index in [2.05, 4.69) is 15.7 Å². The number of hydrogen-bond acceptors (Lipinski definition) is 3. The zero-order valence-corrected chi connectivity index (χ0v) is 10.2. The number of hydrogen-bond donors (Lipinski definition) is 2. The van der Waals surface area contributed by atoms with Crippen LogP contribution in [0.5, 0.6) is 5.75 Å². The van der Waals surface area contributed by atoms with Gasteiger partial charge in [-0.25, -0.2) is 4.98 Å². The fourth-order valence-electron chi connectivity index (χ4n) is 2.49. The van der Waals surface area contributed by atoms with Crippen LogP contribution in [-0.4, -0.2) is 20.7 Å². The van der Waals surface area contributed by atoms with Gasteiger partial charge in [0.05, 0.1) is 5.69 Å². The smallest absolute Gasteiger partial charge is 0.115 e. The van der Waals surface area contributed by atoms with E-state index in [4.69, 9.17) is 5.73 Å². The number of aryl methyl sites for hydroxylation is 1. The summed E-state index contributed by atoms with van der Waals surface area (Å²) in [7, 11) is 0. The quantitative estimate of drug-likeness (QED) is 0.839. The van der Waals surface area contributed by atoms with Crippen LogP contribution in [0.25, 0.3) is 0 Å². The van der Waals surface area contributed by atoms with E-state index in [-0.39, 0.29) is 6.04 Å². The summed E-state index contributed by atoms with van der Waals surface area (Å²) in [6, 6.07) is 7.57. The van der Waals surface area contributed by atoms with E-state index in [1.165, 1.54) is 0 Å². The van der Waals surface area contributed by atoms with E-state index >= 15 is 0 Å². The number of aromatic hydroxyl groups is 1. The SMILES string of the molecule is NC1CCc2nc(Cc3cccc(O)c3)cn2C1. The number of nitrogens with two attached hydrogens (primary N) is 1. The van der Waals surface area contributed by atoms with Gasteiger partial charge in [-0.3, -0.25) is 0 Å². The van der Waals surface area contributed by atoms with Crippen molar-refractivity contribution in [3.05, 3.63) is 47.5 Å². The van der Waals surface area contributed by atoms with Crippen molar-refractivity contribution in [3.63, 3.8) is 0 Å². The molecule has 1 atom stereocenters. The van der Waals surface area contributed by atoms with Crippen LogP contribution in [0.1, 0.15) is 23.5 Å².